The number of nitrogens with two attached hydrogens (primary N) is 1. The molecule has 0 aromatic carbocycles. The summed E-state index contributed by atoms with van der Waals surface area (Å²) in [5.74, 6) is -0.908. The van der Waals surface area contributed by atoms with E-state index < -0.39 is 22.7 Å². The van der Waals surface area contributed by atoms with E-state index in [1.54, 1.807) is 0 Å². The van der Waals surface area contributed by atoms with Gasteiger partial charge in [-0.2, -0.15) is 0 Å². The van der Waals surface area contributed by atoms with Crippen LogP contribution in [0.3, 0.4) is 0 Å². The van der Waals surface area contributed by atoms with Crippen LogP contribution in [0.1, 0.15) is 17.7 Å². The zero-order valence-electron chi connectivity index (χ0n) is 7.28. The number of rotatable bonds is 3. The fourth-order valence-electron chi connectivity index (χ4n) is 0.980. The minimum absolute atomic E-state index is 0.0211. The predicted octanol–water partition coefficient (Wildman–Crippen LogP) is 2.04. The molecule has 0 unspecified atom stereocenters. The third-order valence-electron chi connectivity index (χ3n) is 1.66. The minimum Gasteiger partial charge on any atom is -0.358 e. The molecule has 1 aromatic heterocycles. The van der Waals surface area contributed by atoms with Gasteiger partial charge in [0.2, 0.25) is 0 Å². The van der Waals surface area contributed by atoms with Gasteiger partial charge in [-0.25, -0.2) is 8.78 Å². The van der Waals surface area contributed by atoms with Gasteiger partial charge in [0.25, 0.3) is 6.43 Å². The Balaban J connectivity index is 3.39. The normalized spacial score (nSPS) is 10.7. The molecule has 8 heteroatoms. The Kier molecular flexibility index (Phi) is 3.48. The zero-order valence-corrected chi connectivity index (χ0v) is 8.04. The highest BCUT2D eigenvalue weighted by Crippen LogP contribution is 2.30. The zero-order chi connectivity index (χ0) is 11.6. The summed E-state index contributed by atoms with van der Waals surface area (Å²) in [6.45, 7) is -0.150. The second-order valence-electron chi connectivity index (χ2n) is 2.59. The van der Waals surface area contributed by atoms with Crippen molar-refractivity contribution in [2.24, 2.45) is 5.73 Å². The fraction of sp³-hybridized carbons (Fsp3) is 0.286. The van der Waals surface area contributed by atoms with Gasteiger partial charge in [0.1, 0.15) is 5.56 Å². The molecule has 0 fully saturated rings. The Hall–Kier alpha value is -1.34. The van der Waals surface area contributed by atoms with Crippen molar-refractivity contribution in [3.05, 3.63) is 32.5 Å². The second kappa shape index (κ2) is 4.45. The van der Waals surface area contributed by atoms with Gasteiger partial charge >= 0.3 is 5.82 Å². The van der Waals surface area contributed by atoms with E-state index in [2.05, 4.69) is 4.98 Å². The summed E-state index contributed by atoms with van der Waals surface area (Å²) >= 11 is 5.55. The summed E-state index contributed by atoms with van der Waals surface area (Å²) in [7, 11) is 0. The molecular formula is C7H6ClF2N3O2. The second-order valence-corrected chi connectivity index (χ2v) is 3.00. The van der Waals surface area contributed by atoms with Crippen LogP contribution in [0, 0.1) is 10.1 Å². The van der Waals surface area contributed by atoms with Crippen LogP contribution in [-0.4, -0.2) is 9.91 Å². The maximum atomic E-state index is 12.4. The lowest BCUT2D eigenvalue weighted by Gasteiger charge is -2.03. The molecule has 1 aromatic rings. The van der Waals surface area contributed by atoms with Gasteiger partial charge in [-0.1, -0.05) is 11.6 Å². The van der Waals surface area contributed by atoms with E-state index in [1.807, 2.05) is 0 Å². The van der Waals surface area contributed by atoms with Crippen LogP contribution in [0.15, 0.2) is 6.07 Å². The lowest BCUT2D eigenvalue weighted by atomic mass is 10.2. The number of aromatic nitrogens is 1. The first-order chi connectivity index (χ1) is 6.97. The van der Waals surface area contributed by atoms with Crippen molar-refractivity contribution in [1.29, 1.82) is 0 Å². The number of nitro groups is 1. The summed E-state index contributed by atoms with van der Waals surface area (Å²) in [6, 6.07) is 0.819. The third-order valence-corrected chi connectivity index (χ3v) is 1.99. The monoisotopic (exact) mass is 237 g/mol. The molecule has 0 saturated heterocycles. The largest absolute Gasteiger partial charge is 0.372 e. The Morgan fingerprint density at radius 2 is 2.27 bits per heavy atom. The van der Waals surface area contributed by atoms with Crippen molar-refractivity contribution in [3.63, 3.8) is 0 Å². The van der Waals surface area contributed by atoms with Gasteiger partial charge in [-0.15, -0.1) is 0 Å². The van der Waals surface area contributed by atoms with E-state index in [-0.39, 0.29) is 17.3 Å². The first-order valence-electron chi connectivity index (χ1n) is 3.79. The molecule has 15 heavy (non-hydrogen) atoms. The maximum absolute atomic E-state index is 12.4. The standard InChI is InChI=1S/C7H6ClF2N3O2/c8-4-1-3(6(9)10)7(13(14)15)12-5(4)2-11/h1,6H,2,11H2. The Bertz CT molecular complexity index is 400. The highest BCUT2D eigenvalue weighted by atomic mass is 35.5. The molecule has 82 valence electrons. The molecule has 0 aliphatic carbocycles. The Labute approximate surface area is 88.0 Å². The molecule has 5 nitrogen and oxygen atoms in total. The number of halogens is 3. The van der Waals surface area contributed by atoms with Crippen molar-refractivity contribution in [1.82, 2.24) is 4.98 Å². The molecule has 0 saturated carbocycles. The van der Waals surface area contributed by atoms with Crippen LogP contribution in [0.4, 0.5) is 14.6 Å². The van der Waals surface area contributed by atoms with E-state index in [4.69, 9.17) is 17.3 Å². The van der Waals surface area contributed by atoms with Gasteiger partial charge in [-0.3, -0.25) is 0 Å². The van der Waals surface area contributed by atoms with Gasteiger partial charge in [-0.05, 0) is 16.0 Å². The molecule has 1 heterocycles. The molecule has 0 aliphatic rings. The van der Waals surface area contributed by atoms with Crippen LogP contribution >= 0.6 is 11.6 Å². The maximum Gasteiger partial charge on any atom is 0.372 e. The van der Waals surface area contributed by atoms with Crippen molar-refractivity contribution >= 4 is 17.4 Å². The minimum atomic E-state index is -3.00. The van der Waals surface area contributed by atoms with E-state index in [1.165, 1.54) is 0 Å². The highest BCUT2D eigenvalue weighted by Gasteiger charge is 2.26. The molecule has 2 N–H and O–H groups in total. The average Bonchev–Trinajstić information content (AvgIpc) is 2.16. The van der Waals surface area contributed by atoms with Gasteiger partial charge in [0, 0.05) is 0 Å². The predicted molar refractivity (Wildman–Crippen MR) is 48.7 cm³/mol. The van der Waals surface area contributed by atoms with Gasteiger partial charge in [0.15, 0.2) is 5.69 Å². The van der Waals surface area contributed by atoms with E-state index in [9.17, 15) is 18.9 Å². The summed E-state index contributed by atoms with van der Waals surface area (Å²) in [6.07, 6.45) is -3.00. The first kappa shape index (κ1) is 11.7. The molecule has 0 radical (unpaired) electrons. The van der Waals surface area contributed by atoms with Crippen LogP contribution in [0.2, 0.25) is 5.02 Å². The van der Waals surface area contributed by atoms with Crippen LogP contribution in [-0.2, 0) is 6.54 Å². The van der Waals surface area contributed by atoms with Crippen molar-refractivity contribution in [3.8, 4) is 0 Å². The van der Waals surface area contributed by atoms with E-state index in [0.717, 1.165) is 6.07 Å². The molecule has 0 atom stereocenters. The number of hydrogen-bond acceptors (Lipinski definition) is 4. The van der Waals surface area contributed by atoms with Gasteiger partial charge < -0.3 is 15.8 Å². The SMILES string of the molecule is NCc1nc([N+](=O)[O-])c(C(F)F)cc1Cl. The van der Waals surface area contributed by atoms with Crippen LogP contribution in [0.25, 0.3) is 0 Å². The van der Waals surface area contributed by atoms with Crippen molar-refractivity contribution < 1.29 is 13.7 Å². The highest BCUT2D eigenvalue weighted by molar-refractivity contribution is 6.31. The molecular weight excluding hydrogens is 232 g/mol. The molecule has 0 spiro atoms. The number of alkyl halides is 2. The number of nitrogens with zero attached hydrogens (tertiary/aromatic N) is 2. The summed E-state index contributed by atoms with van der Waals surface area (Å²) in [4.78, 5) is 12.8. The molecule has 0 bridgehead atoms. The smallest absolute Gasteiger partial charge is 0.358 e. The average molecular weight is 238 g/mol. The molecule has 0 aliphatic heterocycles. The quantitative estimate of drug-likeness (QED) is 0.644. The van der Waals surface area contributed by atoms with Gasteiger partial charge in [0.05, 0.1) is 11.6 Å². The topological polar surface area (TPSA) is 82.0 Å². The number of hydrogen-bond donors (Lipinski definition) is 1. The fourth-order valence-corrected chi connectivity index (χ4v) is 1.22. The summed E-state index contributed by atoms with van der Waals surface area (Å²) in [5, 5.41) is 10.3. The van der Waals surface area contributed by atoms with Crippen LogP contribution < -0.4 is 5.73 Å². The van der Waals surface area contributed by atoms with Crippen molar-refractivity contribution in [2.45, 2.75) is 13.0 Å². The third kappa shape index (κ3) is 2.37. The lowest BCUT2D eigenvalue weighted by molar-refractivity contribution is -0.391. The Morgan fingerprint density at radius 1 is 1.67 bits per heavy atom. The van der Waals surface area contributed by atoms with Crippen LogP contribution in [0.5, 0.6) is 0 Å². The summed E-state index contributed by atoms with van der Waals surface area (Å²) in [5.41, 5.74) is 4.41. The van der Waals surface area contributed by atoms with Crippen molar-refractivity contribution in [2.75, 3.05) is 0 Å². The number of pyridine rings is 1. The molecule has 0 amide bonds. The van der Waals surface area contributed by atoms with E-state index >= 15 is 0 Å². The first-order valence-corrected chi connectivity index (χ1v) is 4.17. The van der Waals surface area contributed by atoms with E-state index in [0.29, 0.717) is 0 Å². The lowest BCUT2D eigenvalue weighted by Crippen LogP contribution is -2.06. The summed E-state index contributed by atoms with van der Waals surface area (Å²) < 4.78 is 24.7. The Morgan fingerprint density at radius 3 is 2.67 bits per heavy atom. The molecule has 1 rings (SSSR count).